The van der Waals surface area contributed by atoms with Gasteiger partial charge in [0, 0.05) is 12.7 Å². The Morgan fingerprint density at radius 3 is 2.22 bits per heavy atom. The van der Waals surface area contributed by atoms with Gasteiger partial charge in [-0.1, -0.05) is 38.2 Å². The molecule has 0 saturated carbocycles. The highest BCUT2D eigenvalue weighted by atomic mass is 32.2. The smallest absolute Gasteiger partial charge is 0.370 e. The lowest BCUT2D eigenvalue weighted by Crippen LogP contribution is -2.18. The molecule has 156 valence electrons. The topological polar surface area (TPSA) is 111 Å². The van der Waals surface area contributed by atoms with Gasteiger partial charge in [0.05, 0.1) is 5.56 Å². The molecule has 5 N–H and O–H groups in total. The van der Waals surface area contributed by atoms with Gasteiger partial charge in [-0.05, 0) is 32.9 Å². The molecule has 1 aromatic heterocycles. The quantitative estimate of drug-likeness (QED) is 0.489. The molecule has 0 bridgehead atoms. The van der Waals surface area contributed by atoms with Gasteiger partial charge in [0.2, 0.25) is 10.0 Å². The maximum Gasteiger partial charge on any atom is 0.419 e. The van der Waals surface area contributed by atoms with Gasteiger partial charge in [0.15, 0.2) is 0 Å². The number of nitrogens with zero attached hydrogens (tertiary/aromatic N) is 1. The summed E-state index contributed by atoms with van der Waals surface area (Å²) in [6.45, 7) is 12.1. The molecule has 0 aliphatic heterocycles. The van der Waals surface area contributed by atoms with Crippen molar-refractivity contribution in [2.45, 2.75) is 45.2 Å². The van der Waals surface area contributed by atoms with Gasteiger partial charge in [-0.15, -0.1) is 0 Å². The third-order valence-electron chi connectivity index (χ3n) is 2.62. The van der Waals surface area contributed by atoms with E-state index in [-0.39, 0.29) is 6.54 Å². The molecule has 0 aliphatic carbocycles. The maximum absolute atomic E-state index is 12.8. The first-order valence-electron chi connectivity index (χ1n) is 8.23. The van der Waals surface area contributed by atoms with Crippen LogP contribution >= 0.6 is 0 Å². The number of aromatic nitrogens is 1. The second kappa shape index (κ2) is 13.3. The molecule has 0 aromatic carbocycles. The maximum atomic E-state index is 12.8. The number of nitrogens with two attached hydrogens (primary N) is 2. The van der Waals surface area contributed by atoms with Crippen LogP contribution in [0.4, 0.5) is 19.0 Å². The predicted octanol–water partition coefficient (Wildman–Crippen LogP) is 3.67. The van der Waals surface area contributed by atoms with Gasteiger partial charge in [-0.2, -0.15) is 13.2 Å². The monoisotopic (exact) mass is 410 g/mol. The third kappa shape index (κ3) is 12.2. The summed E-state index contributed by atoms with van der Waals surface area (Å²) in [4.78, 5) is 2.76. The molecule has 0 atom stereocenters. The molecule has 1 heterocycles. The molecule has 27 heavy (non-hydrogen) atoms. The minimum Gasteiger partial charge on any atom is -0.370 e. The van der Waals surface area contributed by atoms with Crippen LogP contribution in [0.15, 0.2) is 41.5 Å². The summed E-state index contributed by atoms with van der Waals surface area (Å²) < 4.78 is 60.4. The average molecular weight is 411 g/mol. The standard InChI is InChI=1S/C9H13F3N4O2S.C6H10.C2H6/c10-9(11,12)7-4-6(19(14,17)18)5-16-8(7)15-3-1-2-13;1-4-5-6(2)3;1-2/h4-5H,1-3,13H2,(H,15,16)(H2,14,17,18);4-5H,1H2,2-3H3;1-2H3. The van der Waals surface area contributed by atoms with Crippen LogP contribution in [0.2, 0.25) is 0 Å². The molecule has 10 heteroatoms. The van der Waals surface area contributed by atoms with Crippen LogP contribution in [0.25, 0.3) is 0 Å². The lowest BCUT2D eigenvalue weighted by atomic mass is 10.2. The summed E-state index contributed by atoms with van der Waals surface area (Å²) >= 11 is 0. The summed E-state index contributed by atoms with van der Waals surface area (Å²) in [6, 6.07) is 0.452. The number of anilines is 1. The van der Waals surface area contributed by atoms with Crippen molar-refractivity contribution >= 4 is 15.8 Å². The van der Waals surface area contributed by atoms with Crippen molar-refractivity contribution in [1.82, 2.24) is 4.98 Å². The fourth-order valence-electron chi connectivity index (χ4n) is 1.50. The number of allylic oxidation sites excluding steroid dienone is 3. The minimum atomic E-state index is -4.74. The first-order valence-corrected chi connectivity index (χ1v) is 9.78. The first-order chi connectivity index (χ1) is 12.4. The Morgan fingerprint density at radius 1 is 1.33 bits per heavy atom. The summed E-state index contributed by atoms with van der Waals surface area (Å²) in [6.07, 6.45) is 0.249. The van der Waals surface area contributed by atoms with Gasteiger partial charge in [-0.3, -0.25) is 0 Å². The van der Waals surface area contributed by atoms with Crippen molar-refractivity contribution in [3.8, 4) is 0 Å². The molecule has 1 aromatic rings. The molecule has 1 rings (SSSR count). The lowest BCUT2D eigenvalue weighted by molar-refractivity contribution is -0.137. The van der Waals surface area contributed by atoms with Gasteiger partial charge >= 0.3 is 6.18 Å². The summed E-state index contributed by atoms with van der Waals surface area (Å²) in [5, 5.41) is 7.22. The Balaban J connectivity index is 0. The van der Waals surface area contributed by atoms with Crippen LogP contribution in [0.1, 0.15) is 39.7 Å². The van der Waals surface area contributed by atoms with Crippen molar-refractivity contribution in [2.75, 3.05) is 18.4 Å². The molecule has 0 amide bonds. The zero-order chi connectivity index (χ0) is 21.7. The highest BCUT2D eigenvalue weighted by Crippen LogP contribution is 2.34. The Morgan fingerprint density at radius 2 is 1.89 bits per heavy atom. The molecule has 0 spiro atoms. The van der Waals surface area contributed by atoms with E-state index in [4.69, 9.17) is 10.9 Å². The number of sulfonamides is 1. The Hall–Kier alpha value is -1.91. The molecular formula is C17H29F3N4O2S. The van der Waals surface area contributed by atoms with Crippen LogP contribution in [0, 0.1) is 0 Å². The summed E-state index contributed by atoms with van der Waals surface area (Å²) in [7, 11) is -4.24. The normalized spacial score (nSPS) is 10.6. The molecular weight excluding hydrogens is 381 g/mol. The predicted molar refractivity (Wildman–Crippen MR) is 104 cm³/mol. The van der Waals surface area contributed by atoms with Crippen molar-refractivity contribution in [3.63, 3.8) is 0 Å². The molecule has 0 aliphatic rings. The third-order valence-corrected chi connectivity index (χ3v) is 3.50. The number of nitrogens with one attached hydrogen (secondary N) is 1. The van der Waals surface area contributed by atoms with E-state index in [1.54, 1.807) is 6.08 Å². The van der Waals surface area contributed by atoms with Crippen molar-refractivity contribution in [2.24, 2.45) is 10.9 Å². The molecule has 0 unspecified atom stereocenters. The van der Waals surface area contributed by atoms with Gasteiger partial charge in [0.1, 0.15) is 10.7 Å². The molecule has 0 saturated heterocycles. The number of alkyl halides is 3. The largest absolute Gasteiger partial charge is 0.419 e. The summed E-state index contributed by atoms with van der Waals surface area (Å²) in [5.74, 6) is -0.451. The first kappa shape index (κ1) is 27.3. The fraction of sp³-hybridized carbons (Fsp3) is 0.471. The molecule has 0 radical (unpaired) electrons. The van der Waals surface area contributed by atoms with Crippen LogP contribution in [0.5, 0.6) is 0 Å². The lowest BCUT2D eigenvalue weighted by Gasteiger charge is -2.14. The van der Waals surface area contributed by atoms with E-state index in [2.05, 4.69) is 16.9 Å². The Bertz CT molecular complexity index is 699. The number of hydrogen-bond donors (Lipinski definition) is 3. The zero-order valence-corrected chi connectivity index (χ0v) is 16.9. The van der Waals surface area contributed by atoms with Crippen molar-refractivity contribution in [1.29, 1.82) is 0 Å². The SMILES string of the molecule is C=CC=C(C)C.CC.NCCCNc1ncc(S(N)(=O)=O)cc1C(F)(F)F. The van der Waals surface area contributed by atoms with Crippen LogP contribution in [0.3, 0.4) is 0 Å². The van der Waals surface area contributed by atoms with Crippen molar-refractivity contribution in [3.05, 3.63) is 42.1 Å². The fourth-order valence-corrected chi connectivity index (χ4v) is 1.98. The number of pyridine rings is 1. The second-order valence-electron chi connectivity index (χ2n) is 5.16. The minimum absolute atomic E-state index is 0.196. The van der Waals surface area contributed by atoms with E-state index in [1.807, 2.05) is 33.8 Å². The highest BCUT2D eigenvalue weighted by Gasteiger charge is 2.35. The van der Waals surface area contributed by atoms with E-state index in [0.29, 0.717) is 19.0 Å². The van der Waals surface area contributed by atoms with Crippen LogP contribution in [-0.2, 0) is 16.2 Å². The Labute approximate surface area is 159 Å². The van der Waals surface area contributed by atoms with Gasteiger partial charge < -0.3 is 11.1 Å². The highest BCUT2D eigenvalue weighted by molar-refractivity contribution is 7.89. The average Bonchev–Trinajstić information content (AvgIpc) is 2.55. The number of rotatable bonds is 6. The zero-order valence-electron chi connectivity index (χ0n) is 16.1. The van der Waals surface area contributed by atoms with Gasteiger partial charge in [-0.25, -0.2) is 18.5 Å². The van der Waals surface area contributed by atoms with Crippen LogP contribution in [-0.4, -0.2) is 26.5 Å². The van der Waals surface area contributed by atoms with E-state index < -0.39 is 32.5 Å². The summed E-state index contributed by atoms with van der Waals surface area (Å²) in [5.41, 5.74) is 5.33. The van der Waals surface area contributed by atoms with Crippen molar-refractivity contribution < 1.29 is 21.6 Å². The molecule has 0 fully saturated rings. The number of primary sulfonamides is 1. The second-order valence-corrected chi connectivity index (χ2v) is 6.72. The van der Waals surface area contributed by atoms with E-state index >= 15 is 0 Å². The van der Waals surface area contributed by atoms with Gasteiger partial charge in [0.25, 0.3) is 0 Å². The van der Waals surface area contributed by atoms with Crippen LogP contribution < -0.4 is 16.2 Å². The number of hydrogen-bond acceptors (Lipinski definition) is 5. The van der Waals surface area contributed by atoms with E-state index in [1.165, 1.54) is 5.57 Å². The van der Waals surface area contributed by atoms with E-state index in [0.717, 1.165) is 6.20 Å². The Kier molecular flexibility index (Phi) is 13.4. The number of halogens is 3. The van der Waals surface area contributed by atoms with E-state index in [9.17, 15) is 21.6 Å². The molecule has 6 nitrogen and oxygen atoms in total.